The van der Waals surface area contributed by atoms with Crippen molar-refractivity contribution in [2.75, 3.05) is 25.2 Å². The quantitative estimate of drug-likeness (QED) is 0.855. The molecule has 106 valence electrons. The number of aliphatic hydroxyl groups is 1. The summed E-state index contributed by atoms with van der Waals surface area (Å²) in [4.78, 5) is 18.3. The van der Waals surface area contributed by atoms with Crippen LogP contribution in [0.3, 0.4) is 0 Å². The van der Waals surface area contributed by atoms with Crippen LogP contribution in [-0.2, 0) is 0 Å². The van der Waals surface area contributed by atoms with Gasteiger partial charge in [-0.1, -0.05) is 11.8 Å². The van der Waals surface area contributed by atoms with Crippen molar-refractivity contribution < 1.29 is 9.90 Å². The van der Waals surface area contributed by atoms with Crippen LogP contribution in [0.15, 0.2) is 18.3 Å². The van der Waals surface area contributed by atoms with E-state index < -0.39 is 0 Å². The number of carbonyl (C=O) groups excluding carboxylic acids is 1. The molecule has 1 atom stereocenters. The number of rotatable bonds is 3. The highest BCUT2D eigenvalue weighted by Crippen LogP contribution is 2.22. The highest BCUT2D eigenvalue weighted by molar-refractivity contribution is 7.99. The van der Waals surface area contributed by atoms with Crippen molar-refractivity contribution in [1.82, 2.24) is 9.88 Å². The molecular weight excluding hydrogens is 272 g/mol. The fourth-order valence-electron chi connectivity index (χ4n) is 1.99. The molecule has 0 spiro atoms. The lowest BCUT2D eigenvalue weighted by atomic mass is 10.2. The fourth-order valence-corrected chi connectivity index (χ4v) is 3.26. The lowest BCUT2D eigenvalue weighted by molar-refractivity contribution is 0.0742. The predicted molar refractivity (Wildman–Crippen MR) is 80.6 cm³/mol. The fraction of sp³-hybridized carbons (Fsp3) is 0.467. The summed E-state index contributed by atoms with van der Waals surface area (Å²) >= 11 is 1.88. The Morgan fingerprint density at radius 3 is 3.05 bits per heavy atom. The molecule has 4 nitrogen and oxygen atoms in total. The van der Waals surface area contributed by atoms with Crippen LogP contribution in [0.1, 0.15) is 28.9 Å². The molecule has 1 fully saturated rings. The van der Waals surface area contributed by atoms with E-state index in [1.807, 2.05) is 18.8 Å². The van der Waals surface area contributed by atoms with Gasteiger partial charge in [0.05, 0.1) is 6.61 Å². The van der Waals surface area contributed by atoms with Gasteiger partial charge in [0.15, 0.2) is 0 Å². The zero-order valence-corrected chi connectivity index (χ0v) is 12.3. The molecule has 1 unspecified atom stereocenters. The van der Waals surface area contributed by atoms with Crippen molar-refractivity contribution in [3.8, 4) is 11.8 Å². The van der Waals surface area contributed by atoms with Crippen LogP contribution in [0.2, 0.25) is 0 Å². The van der Waals surface area contributed by atoms with Crippen LogP contribution in [0.25, 0.3) is 0 Å². The second-order valence-electron chi connectivity index (χ2n) is 4.64. The molecule has 20 heavy (non-hydrogen) atoms. The molecular formula is C15H18N2O2S. The predicted octanol–water partition coefficient (Wildman–Crippen LogP) is 1.39. The second kappa shape index (κ2) is 7.32. The Kier molecular flexibility index (Phi) is 5.45. The van der Waals surface area contributed by atoms with Gasteiger partial charge in [-0.15, -0.1) is 0 Å². The number of pyridine rings is 1. The highest BCUT2D eigenvalue weighted by Gasteiger charge is 2.25. The van der Waals surface area contributed by atoms with Crippen LogP contribution >= 0.6 is 11.8 Å². The van der Waals surface area contributed by atoms with E-state index in [-0.39, 0.29) is 12.5 Å². The van der Waals surface area contributed by atoms with Crippen molar-refractivity contribution in [2.45, 2.75) is 18.9 Å². The molecule has 1 aromatic rings. The van der Waals surface area contributed by atoms with Gasteiger partial charge in [-0.05, 0) is 24.3 Å². The van der Waals surface area contributed by atoms with E-state index in [4.69, 9.17) is 5.11 Å². The molecule has 1 aliphatic rings. The summed E-state index contributed by atoms with van der Waals surface area (Å²) in [5.41, 5.74) is 1.21. The Labute approximate surface area is 123 Å². The van der Waals surface area contributed by atoms with Crippen molar-refractivity contribution in [1.29, 1.82) is 0 Å². The van der Waals surface area contributed by atoms with E-state index in [9.17, 15) is 4.79 Å². The number of aliphatic hydroxyl groups excluding tert-OH is 1. The topological polar surface area (TPSA) is 53.4 Å². The minimum Gasteiger partial charge on any atom is -0.395 e. The van der Waals surface area contributed by atoms with E-state index in [1.54, 1.807) is 23.2 Å². The molecule has 1 aromatic heterocycles. The molecule has 2 heterocycles. The number of thioether (sulfide) groups is 1. The minimum absolute atomic E-state index is 0.0348. The van der Waals surface area contributed by atoms with Crippen molar-refractivity contribution in [3.05, 3.63) is 29.6 Å². The van der Waals surface area contributed by atoms with Gasteiger partial charge in [0.1, 0.15) is 5.69 Å². The molecule has 0 aliphatic carbocycles. The Balaban J connectivity index is 2.02. The molecule has 5 heteroatoms. The molecule has 0 aromatic carbocycles. The Morgan fingerprint density at radius 2 is 2.45 bits per heavy atom. The Bertz CT molecular complexity index is 513. The molecule has 1 aliphatic heterocycles. The van der Waals surface area contributed by atoms with Gasteiger partial charge < -0.3 is 10.0 Å². The van der Waals surface area contributed by atoms with E-state index in [1.165, 1.54) is 0 Å². The maximum absolute atomic E-state index is 12.3. The maximum Gasteiger partial charge on any atom is 0.272 e. The largest absolute Gasteiger partial charge is 0.395 e. The standard InChI is InChI=1S/C15H18N2O2S/c1-17(13-7-9-20-11-13)15(19)14-6-5-12(10-16-14)4-2-3-8-18/h5-6,10,13,18H,3,7-9,11H2,1H3. The summed E-state index contributed by atoms with van der Waals surface area (Å²) in [6, 6.07) is 3.82. The number of hydrogen-bond acceptors (Lipinski definition) is 4. The van der Waals surface area contributed by atoms with Crippen LogP contribution in [-0.4, -0.2) is 52.1 Å². The third-order valence-corrected chi connectivity index (χ3v) is 4.37. The summed E-state index contributed by atoms with van der Waals surface area (Å²) in [7, 11) is 1.84. The monoisotopic (exact) mass is 290 g/mol. The first kappa shape index (κ1) is 14.9. The Morgan fingerprint density at radius 1 is 1.60 bits per heavy atom. The zero-order valence-electron chi connectivity index (χ0n) is 11.5. The average molecular weight is 290 g/mol. The third-order valence-electron chi connectivity index (χ3n) is 3.23. The normalized spacial score (nSPS) is 17.4. The van der Waals surface area contributed by atoms with E-state index >= 15 is 0 Å². The van der Waals surface area contributed by atoms with E-state index in [0.29, 0.717) is 18.2 Å². The van der Waals surface area contributed by atoms with Crippen molar-refractivity contribution >= 4 is 17.7 Å². The first-order valence-electron chi connectivity index (χ1n) is 6.63. The van der Waals surface area contributed by atoms with E-state index in [2.05, 4.69) is 16.8 Å². The van der Waals surface area contributed by atoms with Crippen LogP contribution in [0.5, 0.6) is 0 Å². The van der Waals surface area contributed by atoms with Gasteiger partial charge in [0.2, 0.25) is 0 Å². The summed E-state index contributed by atoms with van der Waals surface area (Å²) in [6.45, 7) is 0.0567. The van der Waals surface area contributed by atoms with Crippen LogP contribution in [0.4, 0.5) is 0 Å². The SMILES string of the molecule is CN(C(=O)c1ccc(C#CCCO)cn1)C1CCSC1. The average Bonchev–Trinajstić information content (AvgIpc) is 3.01. The maximum atomic E-state index is 12.3. The first-order valence-corrected chi connectivity index (χ1v) is 7.78. The number of carbonyl (C=O) groups is 1. The highest BCUT2D eigenvalue weighted by atomic mass is 32.2. The number of amides is 1. The minimum atomic E-state index is -0.0348. The molecule has 0 saturated carbocycles. The molecule has 0 radical (unpaired) electrons. The smallest absolute Gasteiger partial charge is 0.272 e. The molecule has 0 bridgehead atoms. The van der Waals surface area contributed by atoms with Gasteiger partial charge in [-0.2, -0.15) is 11.8 Å². The summed E-state index contributed by atoms with van der Waals surface area (Å²) in [5, 5.41) is 8.66. The first-order chi connectivity index (χ1) is 9.72. The number of hydrogen-bond donors (Lipinski definition) is 1. The number of nitrogens with zero attached hydrogens (tertiary/aromatic N) is 2. The van der Waals surface area contributed by atoms with Gasteiger partial charge in [-0.25, -0.2) is 4.98 Å². The van der Waals surface area contributed by atoms with Crippen molar-refractivity contribution in [3.63, 3.8) is 0 Å². The molecule has 1 N–H and O–H groups in total. The summed E-state index contributed by atoms with van der Waals surface area (Å²) in [5.74, 6) is 7.82. The van der Waals surface area contributed by atoms with Crippen molar-refractivity contribution in [2.24, 2.45) is 0 Å². The van der Waals surface area contributed by atoms with E-state index in [0.717, 1.165) is 23.5 Å². The summed E-state index contributed by atoms with van der Waals surface area (Å²) < 4.78 is 0. The number of aromatic nitrogens is 1. The Hall–Kier alpha value is -1.51. The lowest BCUT2D eigenvalue weighted by Gasteiger charge is -2.23. The van der Waals surface area contributed by atoms with Gasteiger partial charge in [0.25, 0.3) is 5.91 Å². The van der Waals surface area contributed by atoms with Gasteiger partial charge in [0, 0.05) is 37.0 Å². The lowest BCUT2D eigenvalue weighted by Crippen LogP contribution is -2.37. The summed E-state index contributed by atoms with van der Waals surface area (Å²) in [6.07, 6.45) is 3.11. The van der Waals surface area contributed by atoms with Crippen LogP contribution < -0.4 is 0 Å². The molecule has 1 saturated heterocycles. The molecule has 2 rings (SSSR count). The third kappa shape index (κ3) is 3.75. The van der Waals surface area contributed by atoms with Gasteiger partial charge in [-0.3, -0.25) is 4.79 Å². The van der Waals surface area contributed by atoms with Crippen LogP contribution in [0, 0.1) is 11.8 Å². The van der Waals surface area contributed by atoms with Gasteiger partial charge >= 0.3 is 0 Å². The zero-order chi connectivity index (χ0) is 14.4. The second-order valence-corrected chi connectivity index (χ2v) is 5.79. The molecule has 1 amide bonds.